The Labute approximate surface area is 474 Å². The molecule has 0 aromatic heterocycles. The van der Waals surface area contributed by atoms with E-state index in [1.165, 1.54) is 302 Å². The van der Waals surface area contributed by atoms with Gasteiger partial charge in [-0.25, -0.2) is 0 Å². The molecular weight excluding hydrogens is 935 g/mol. The van der Waals surface area contributed by atoms with Gasteiger partial charge in [0, 0.05) is 12.8 Å². The lowest BCUT2D eigenvalue weighted by Crippen LogP contribution is -2.45. The number of hydrogen-bond donors (Lipinski definition) is 3. The second-order valence-corrected chi connectivity index (χ2v) is 23.5. The standard InChI is InChI=1S/C70H133NO5/c1-3-5-7-9-11-13-15-17-18-19-33-36-39-42-46-50-54-58-62-68(73)67(66-72)71-69(74)63-59-55-51-47-43-40-37-34-31-29-27-25-23-21-20-22-24-26-28-30-32-35-38-41-45-49-53-57-61-65-76-70(75)64-60-56-52-48-44-16-14-12-10-8-6-4-2/h12,14,20,22,58,62,67-68,72-73H,3-11,13,15-19,21,23-57,59-61,63-66H2,1-2H3,(H,71,74)/b14-12-,22-20-,62-58+. The average molecular weight is 1070 g/mol. The summed E-state index contributed by atoms with van der Waals surface area (Å²) in [7, 11) is 0. The first-order valence-corrected chi connectivity index (χ1v) is 34.3. The zero-order valence-corrected chi connectivity index (χ0v) is 51.3. The first-order chi connectivity index (χ1) is 37.5. The van der Waals surface area contributed by atoms with Gasteiger partial charge in [0.15, 0.2) is 0 Å². The molecule has 0 aliphatic heterocycles. The van der Waals surface area contributed by atoms with Crippen LogP contribution in [0.5, 0.6) is 0 Å². The summed E-state index contributed by atoms with van der Waals surface area (Å²) in [6.07, 6.45) is 83.6. The first kappa shape index (κ1) is 74.1. The average Bonchev–Trinajstić information content (AvgIpc) is 3.42. The van der Waals surface area contributed by atoms with Gasteiger partial charge in [-0.15, -0.1) is 0 Å². The van der Waals surface area contributed by atoms with E-state index in [4.69, 9.17) is 4.74 Å². The lowest BCUT2D eigenvalue weighted by atomic mass is 10.0. The highest BCUT2D eigenvalue weighted by molar-refractivity contribution is 5.76. The predicted octanol–water partition coefficient (Wildman–Crippen LogP) is 21.9. The fraction of sp³-hybridized carbons (Fsp3) is 0.886. The Kier molecular flexibility index (Phi) is 63.9. The van der Waals surface area contributed by atoms with Gasteiger partial charge in [-0.05, 0) is 83.5 Å². The van der Waals surface area contributed by atoms with E-state index in [9.17, 15) is 19.8 Å². The topological polar surface area (TPSA) is 95.9 Å². The van der Waals surface area contributed by atoms with Gasteiger partial charge in [0.2, 0.25) is 5.91 Å². The Morgan fingerprint density at radius 3 is 0.961 bits per heavy atom. The van der Waals surface area contributed by atoms with Crippen LogP contribution in [0.1, 0.15) is 373 Å². The van der Waals surface area contributed by atoms with E-state index >= 15 is 0 Å². The molecule has 76 heavy (non-hydrogen) atoms. The Balaban J connectivity index is 3.40. The molecule has 0 heterocycles. The number of aliphatic hydroxyl groups is 2. The maximum atomic E-state index is 12.5. The summed E-state index contributed by atoms with van der Waals surface area (Å²) in [5.74, 6) is -0.0582. The highest BCUT2D eigenvalue weighted by atomic mass is 16.5. The maximum Gasteiger partial charge on any atom is 0.305 e. The molecule has 0 aromatic carbocycles. The molecule has 0 spiro atoms. The summed E-state index contributed by atoms with van der Waals surface area (Å²) in [6.45, 7) is 4.90. The van der Waals surface area contributed by atoms with Crippen molar-refractivity contribution in [2.75, 3.05) is 13.2 Å². The van der Waals surface area contributed by atoms with Gasteiger partial charge >= 0.3 is 5.97 Å². The summed E-state index contributed by atoms with van der Waals surface area (Å²) in [4.78, 5) is 24.5. The van der Waals surface area contributed by atoms with Crippen LogP contribution in [-0.2, 0) is 14.3 Å². The van der Waals surface area contributed by atoms with Crippen LogP contribution >= 0.6 is 0 Å². The molecule has 0 bridgehead atoms. The predicted molar refractivity (Wildman–Crippen MR) is 333 cm³/mol. The van der Waals surface area contributed by atoms with Crippen LogP contribution in [0.3, 0.4) is 0 Å². The molecule has 0 aliphatic carbocycles. The number of unbranched alkanes of at least 4 members (excludes halogenated alkanes) is 49. The largest absolute Gasteiger partial charge is 0.466 e. The number of carbonyl (C=O) groups is 2. The Hall–Kier alpha value is -1.92. The van der Waals surface area contributed by atoms with Crippen molar-refractivity contribution in [2.24, 2.45) is 0 Å². The minimum atomic E-state index is -0.844. The van der Waals surface area contributed by atoms with E-state index < -0.39 is 12.1 Å². The van der Waals surface area contributed by atoms with Crippen molar-refractivity contribution < 1.29 is 24.5 Å². The molecule has 6 heteroatoms. The van der Waals surface area contributed by atoms with E-state index in [0.29, 0.717) is 19.4 Å². The number of carbonyl (C=O) groups excluding carboxylic acids is 2. The first-order valence-electron chi connectivity index (χ1n) is 34.3. The van der Waals surface area contributed by atoms with Crippen molar-refractivity contribution in [1.29, 1.82) is 0 Å². The van der Waals surface area contributed by atoms with Crippen LogP contribution in [-0.4, -0.2) is 47.4 Å². The molecule has 0 aliphatic rings. The molecule has 2 atom stereocenters. The van der Waals surface area contributed by atoms with E-state index in [1.807, 2.05) is 6.08 Å². The molecule has 2 unspecified atom stereocenters. The molecule has 0 saturated heterocycles. The fourth-order valence-corrected chi connectivity index (χ4v) is 10.6. The molecule has 0 aromatic rings. The van der Waals surface area contributed by atoms with Crippen LogP contribution in [0.4, 0.5) is 0 Å². The third kappa shape index (κ3) is 61.3. The van der Waals surface area contributed by atoms with Crippen molar-refractivity contribution in [1.82, 2.24) is 5.32 Å². The lowest BCUT2D eigenvalue weighted by Gasteiger charge is -2.20. The van der Waals surface area contributed by atoms with E-state index in [1.54, 1.807) is 6.08 Å². The Morgan fingerprint density at radius 2 is 0.618 bits per heavy atom. The fourth-order valence-electron chi connectivity index (χ4n) is 10.6. The van der Waals surface area contributed by atoms with Gasteiger partial charge in [-0.3, -0.25) is 9.59 Å². The third-order valence-electron chi connectivity index (χ3n) is 15.9. The van der Waals surface area contributed by atoms with Gasteiger partial charge in [0.25, 0.3) is 0 Å². The quantitative estimate of drug-likeness (QED) is 0.0320. The number of nitrogens with one attached hydrogen (secondary N) is 1. The molecule has 0 radical (unpaired) electrons. The van der Waals surface area contributed by atoms with Gasteiger partial charge in [0.05, 0.1) is 25.4 Å². The van der Waals surface area contributed by atoms with Gasteiger partial charge < -0.3 is 20.3 Å². The molecule has 1 amide bonds. The van der Waals surface area contributed by atoms with Crippen LogP contribution in [0.15, 0.2) is 36.5 Å². The zero-order chi connectivity index (χ0) is 55.0. The van der Waals surface area contributed by atoms with Crippen LogP contribution in [0, 0.1) is 0 Å². The minimum Gasteiger partial charge on any atom is -0.466 e. The minimum absolute atomic E-state index is 0.00622. The van der Waals surface area contributed by atoms with Crippen LogP contribution < -0.4 is 5.32 Å². The smallest absolute Gasteiger partial charge is 0.305 e. The molecular formula is C70H133NO5. The van der Waals surface area contributed by atoms with Gasteiger partial charge in [-0.1, -0.05) is 314 Å². The number of ether oxygens (including phenoxy) is 1. The normalized spacial score (nSPS) is 12.7. The lowest BCUT2D eigenvalue weighted by molar-refractivity contribution is -0.143. The highest BCUT2D eigenvalue weighted by Crippen LogP contribution is 2.18. The maximum absolute atomic E-state index is 12.5. The second kappa shape index (κ2) is 65.6. The van der Waals surface area contributed by atoms with E-state index in [-0.39, 0.29) is 18.5 Å². The summed E-state index contributed by atoms with van der Waals surface area (Å²) in [5, 5.41) is 23.2. The van der Waals surface area contributed by atoms with Crippen LogP contribution in [0.2, 0.25) is 0 Å². The monoisotopic (exact) mass is 1070 g/mol. The van der Waals surface area contributed by atoms with E-state index in [0.717, 1.165) is 44.9 Å². The molecule has 3 N–H and O–H groups in total. The zero-order valence-electron chi connectivity index (χ0n) is 51.3. The van der Waals surface area contributed by atoms with Crippen molar-refractivity contribution in [3.05, 3.63) is 36.5 Å². The molecule has 0 fully saturated rings. The van der Waals surface area contributed by atoms with Crippen molar-refractivity contribution in [3.8, 4) is 0 Å². The molecule has 448 valence electrons. The van der Waals surface area contributed by atoms with Crippen molar-refractivity contribution in [3.63, 3.8) is 0 Å². The third-order valence-corrected chi connectivity index (χ3v) is 15.9. The number of esters is 1. The number of hydrogen-bond acceptors (Lipinski definition) is 5. The Bertz CT molecular complexity index is 1230. The SMILES string of the molecule is CCCCC/C=C\CCCCCCCC(=O)OCCCCCCCCCCCCCC/C=C\CCCCCCCCCCCCCCCC(=O)NC(CO)C(O)/C=C/CCCCCCCCCCCCCCCCCC. The Morgan fingerprint density at radius 1 is 0.355 bits per heavy atom. The summed E-state index contributed by atoms with van der Waals surface area (Å²) in [6, 6.07) is -0.628. The van der Waals surface area contributed by atoms with Gasteiger partial charge in [-0.2, -0.15) is 0 Å². The van der Waals surface area contributed by atoms with Gasteiger partial charge in [0.1, 0.15) is 0 Å². The number of amides is 1. The number of aliphatic hydroxyl groups excluding tert-OH is 2. The molecule has 0 rings (SSSR count). The van der Waals surface area contributed by atoms with Crippen molar-refractivity contribution in [2.45, 2.75) is 386 Å². The highest BCUT2D eigenvalue weighted by Gasteiger charge is 2.18. The van der Waals surface area contributed by atoms with Crippen molar-refractivity contribution >= 4 is 11.9 Å². The summed E-state index contributed by atoms with van der Waals surface area (Å²) < 4.78 is 5.47. The van der Waals surface area contributed by atoms with E-state index in [2.05, 4.69) is 43.5 Å². The molecule has 0 saturated carbocycles. The number of allylic oxidation sites excluding steroid dienone is 5. The van der Waals surface area contributed by atoms with Crippen LogP contribution in [0.25, 0.3) is 0 Å². The molecule has 6 nitrogen and oxygen atoms in total. The number of rotatable bonds is 64. The summed E-state index contributed by atoms with van der Waals surface area (Å²) >= 11 is 0. The summed E-state index contributed by atoms with van der Waals surface area (Å²) in [5.41, 5.74) is 0. The second-order valence-electron chi connectivity index (χ2n) is 23.5.